The molecule has 18 heavy (non-hydrogen) atoms. The van der Waals surface area contributed by atoms with Crippen molar-refractivity contribution < 1.29 is 9.31 Å². The number of nitrogens with one attached hydrogen (secondary N) is 1. The molecule has 0 saturated carbocycles. The minimum atomic E-state index is -0.871. The van der Waals surface area contributed by atoms with Gasteiger partial charge in [0, 0.05) is 30.2 Å². The molecule has 0 radical (unpaired) electrons. The van der Waals surface area contributed by atoms with Gasteiger partial charge < -0.3 is 5.32 Å². The van der Waals surface area contributed by atoms with Gasteiger partial charge in [-0.15, -0.1) is 0 Å². The standard InChI is InChI=1S/C11H9FN4O2/c12-10-5-8(1-2-11(10)16(17)18)15-7-9-6-13-3-4-14-9/h1-6,15H,7H2. The van der Waals surface area contributed by atoms with E-state index in [1.165, 1.54) is 6.07 Å². The predicted octanol–water partition coefficient (Wildman–Crippen LogP) is 2.14. The van der Waals surface area contributed by atoms with Gasteiger partial charge in [0.1, 0.15) is 0 Å². The molecule has 0 spiro atoms. The fourth-order valence-electron chi connectivity index (χ4n) is 1.38. The quantitative estimate of drug-likeness (QED) is 0.662. The van der Waals surface area contributed by atoms with Crippen LogP contribution in [0.5, 0.6) is 0 Å². The molecule has 0 fully saturated rings. The van der Waals surface area contributed by atoms with Crippen LogP contribution in [0.2, 0.25) is 0 Å². The Balaban J connectivity index is 2.07. The second kappa shape index (κ2) is 5.17. The van der Waals surface area contributed by atoms with Crippen molar-refractivity contribution in [2.75, 3.05) is 5.32 Å². The Morgan fingerprint density at radius 2 is 2.22 bits per heavy atom. The summed E-state index contributed by atoms with van der Waals surface area (Å²) in [4.78, 5) is 17.6. The van der Waals surface area contributed by atoms with Crippen LogP contribution in [0.25, 0.3) is 0 Å². The normalized spacial score (nSPS) is 10.1. The number of aromatic nitrogens is 2. The molecule has 1 aromatic carbocycles. The zero-order valence-electron chi connectivity index (χ0n) is 9.21. The Labute approximate surface area is 102 Å². The third-order valence-corrected chi connectivity index (χ3v) is 2.23. The largest absolute Gasteiger partial charge is 0.379 e. The molecule has 0 bridgehead atoms. The molecule has 0 saturated heterocycles. The number of benzene rings is 1. The maximum Gasteiger partial charge on any atom is 0.304 e. The van der Waals surface area contributed by atoms with Gasteiger partial charge in [0.05, 0.1) is 23.4 Å². The van der Waals surface area contributed by atoms with Crippen molar-refractivity contribution in [3.8, 4) is 0 Å². The van der Waals surface area contributed by atoms with Crippen LogP contribution in [0, 0.1) is 15.9 Å². The molecule has 7 heteroatoms. The van der Waals surface area contributed by atoms with E-state index in [1.807, 2.05) is 0 Å². The second-order valence-corrected chi connectivity index (χ2v) is 3.47. The average molecular weight is 248 g/mol. The van der Waals surface area contributed by atoms with Crippen LogP contribution >= 0.6 is 0 Å². The molecule has 0 atom stereocenters. The van der Waals surface area contributed by atoms with Gasteiger partial charge in [-0.1, -0.05) is 0 Å². The number of nitro groups is 1. The van der Waals surface area contributed by atoms with Crippen LogP contribution in [0.1, 0.15) is 5.69 Å². The second-order valence-electron chi connectivity index (χ2n) is 3.47. The molecule has 0 aliphatic heterocycles. The summed E-state index contributed by atoms with van der Waals surface area (Å²) in [5.74, 6) is -0.871. The molecule has 2 aromatic rings. The summed E-state index contributed by atoms with van der Waals surface area (Å²) in [5.41, 5.74) is 0.597. The van der Waals surface area contributed by atoms with Crippen molar-refractivity contribution in [1.82, 2.24) is 9.97 Å². The summed E-state index contributed by atoms with van der Waals surface area (Å²) in [6.45, 7) is 0.366. The van der Waals surface area contributed by atoms with Crippen molar-refractivity contribution in [3.63, 3.8) is 0 Å². The molecule has 6 nitrogen and oxygen atoms in total. The maximum atomic E-state index is 13.3. The number of rotatable bonds is 4. The third kappa shape index (κ3) is 2.76. The van der Waals surface area contributed by atoms with Crippen LogP contribution < -0.4 is 5.32 Å². The number of nitrogens with zero attached hydrogens (tertiary/aromatic N) is 3. The number of nitro benzene ring substituents is 1. The first-order chi connectivity index (χ1) is 8.66. The summed E-state index contributed by atoms with van der Waals surface area (Å²) in [6.07, 6.45) is 4.68. The van der Waals surface area contributed by atoms with E-state index in [4.69, 9.17) is 0 Å². The van der Waals surface area contributed by atoms with Crippen molar-refractivity contribution in [3.05, 3.63) is 58.4 Å². The minimum absolute atomic E-state index is 0.366. The third-order valence-electron chi connectivity index (χ3n) is 2.23. The molecule has 0 aliphatic rings. The van der Waals surface area contributed by atoms with E-state index in [-0.39, 0.29) is 0 Å². The van der Waals surface area contributed by atoms with Crippen molar-refractivity contribution in [2.45, 2.75) is 6.54 Å². The van der Waals surface area contributed by atoms with Crippen molar-refractivity contribution in [1.29, 1.82) is 0 Å². The van der Waals surface area contributed by atoms with Crippen LogP contribution in [0.4, 0.5) is 15.8 Å². The van der Waals surface area contributed by atoms with Crippen LogP contribution in [-0.4, -0.2) is 14.9 Å². The van der Waals surface area contributed by atoms with E-state index >= 15 is 0 Å². The predicted molar refractivity (Wildman–Crippen MR) is 62.4 cm³/mol. The molecule has 0 unspecified atom stereocenters. The maximum absolute atomic E-state index is 13.3. The Morgan fingerprint density at radius 3 is 2.83 bits per heavy atom. The zero-order chi connectivity index (χ0) is 13.0. The number of halogens is 1. The van der Waals surface area contributed by atoms with Crippen molar-refractivity contribution >= 4 is 11.4 Å². The van der Waals surface area contributed by atoms with Gasteiger partial charge in [0.15, 0.2) is 0 Å². The molecular weight excluding hydrogens is 239 g/mol. The number of hydrogen-bond acceptors (Lipinski definition) is 5. The van der Waals surface area contributed by atoms with E-state index in [1.54, 1.807) is 18.6 Å². The summed E-state index contributed by atoms with van der Waals surface area (Å²) in [7, 11) is 0. The highest BCUT2D eigenvalue weighted by Crippen LogP contribution is 2.20. The number of hydrogen-bond donors (Lipinski definition) is 1. The van der Waals surface area contributed by atoms with E-state index in [2.05, 4.69) is 15.3 Å². The van der Waals surface area contributed by atoms with E-state index in [0.717, 1.165) is 12.1 Å². The minimum Gasteiger partial charge on any atom is -0.379 e. The summed E-state index contributed by atoms with van der Waals surface area (Å²) in [5, 5.41) is 13.3. The van der Waals surface area contributed by atoms with E-state index in [9.17, 15) is 14.5 Å². The summed E-state index contributed by atoms with van der Waals surface area (Å²) in [6, 6.07) is 3.64. The van der Waals surface area contributed by atoms with Gasteiger partial charge in [-0.3, -0.25) is 20.1 Å². The zero-order valence-corrected chi connectivity index (χ0v) is 9.21. The Morgan fingerprint density at radius 1 is 1.39 bits per heavy atom. The SMILES string of the molecule is O=[N+]([O-])c1ccc(NCc2cnccn2)cc1F. The summed E-state index contributed by atoms with van der Waals surface area (Å²) >= 11 is 0. The monoisotopic (exact) mass is 248 g/mol. The highest BCUT2D eigenvalue weighted by Gasteiger charge is 2.13. The van der Waals surface area contributed by atoms with Crippen LogP contribution in [0.15, 0.2) is 36.8 Å². The topological polar surface area (TPSA) is 81.0 Å². The Hall–Kier alpha value is -2.57. The fraction of sp³-hybridized carbons (Fsp3) is 0.0909. The average Bonchev–Trinajstić information content (AvgIpc) is 2.37. The molecule has 1 N–H and O–H groups in total. The van der Waals surface area contributed by atoms with Gasteiger partial charge in [0.25, 0.3) is 0 Å². The smallest absolute Gasteiger partial charge is 0.304 e. The highest BCUT2D eigenvalue weighted by molar-refractivity contribution is 5.49. The Kier molecular flexibility index (Phi) is 3.42. The number of anilines is 1. The van der Waals surface area contributed by atoms with Gasteiger partial charge in [-0.25, -0.2) is 0 Å². The van der Waals surface area contributed by atoms with Crippen LogP contribution in [-0.2, 0) is 6.54 Å². The Bertz CT molecular complexity index is 562. The lowest BCUT2D eigenvalue weighted by Crippen LogP contribution is -2.02. The first-order valence-electron chi connectivity index (χ1n) is 5.09. The van der Waals surface area contributed by atoms with Crippen molar-refractivity contribution in [2.24, 2.45) is 0 Å². The van der Waals surface area contributed by atoms with E-state index < -0.39 is 16.4 Å². The molecular formula is C11H9FN4O2. The molecule has 1 heterocycles. The molecule has 0 amide bonds. The van der Waals surface area contributed by atoms with Gasteiger partial charge in [-0.05, 0) is 6.07 Å². The highest BCUT2D eigenvalue weighted by atomic mass is 19.1. The lowest BCUT2D eigenvalue weighted by atomic mass is 10.2. The van der Waals surface area contributed by atoms with Gasteiger partial charge in [0.2, 0.25) is 5.82 Å². The molecule has 1 aromatic heterocycles. The fourth-order valence-corrected chi connectivity index (χ4v) is 1.38. The summed E-state index contributed by atoms with van der Waals surface area (Å²) < 4.78 is 13.3. The lowest BCUT2D eigenvalue weighted by Gasteiger charge is -2.05. The van der Waals surface area contributed by atoms with Crippen LogP contribution in [0.3, 0.4) is 0 Å². The first-order valence-corrected chi connectivity index (χ1v) is 5.09. The molecule has 92 valence electrons. The lowest BCUT2D eigenvalue weighted by molar-refractivity contribution is -0.387. The first kappa shape index (κ1) is 11.9. The molecule has 2 rings (SSSR count). The van der Waals surface area contributed by atoms with E-state index in [0.29, 0.717) is 17.9 Å². The van der Waals surface area contributed by atoms with Gasteiger partial charge >= 0.3 is 5.69 Å². The molecule has 0 aliphatic carbocycles. The van der Waals surface area contributed by atoms with Gasteiger partial charge in [-0.2, -0.15) is 4.39 Å².